The van der Waals surface area contributed by atoms with Gasteiger partial charge in [0.05, 0.1) is 6.10 Å². The Labute approximate surface area is 107 Å². The molecule has 1 fully saturated rings. The second kappa shape index (κ2) is 5.93. The van der Waals surface area contributed by atoms with E-state index >= 15 is 0 Å². The molecule has 0 aromatic carbocycles. The van der Waals surface area contributed by atoms with Gasteiger partial charge in [-0.05, 0) is 18.6 Å². The van der Waals surface area contributed by atoms with Crippen LogP contribution in [0.2, 0.25) is 0 Å². The molecule has 0 bridgehead atoms. The van der Waals surface area contributed by atoms with Gasteiger partial charge < -0.3 is 15.7 Å². The number of aromatic nitrogens is 1. The number of pyridine rings is 1. The maximum absolute atomic E-state index is 11.7. The highest BCUT2D eigenvalue weighted by Crippen LogP contribution is 2.21. The van der Waals surface area contributed by atoms with E-state index in [4.69, 9.17) is 5.73 Å². The Morgan fingerprint density at radius 3 is 3.00 bits per heavy atom. The average molecular weight is 249 g/mol. The Bertz CT molecular complexity index is 396. The lowest BCUT2D eigenvalue weighted by atomic mass is 10.00. The van der Waals surface area contributed by atoms with Crippen LogP contribution in [0.3, 0.4) is 0 Å². The summed E-state index contributed by atoms with van der Waals surface area (Å²) < 4.78 is 0. The highest BCUT2D eigenvalue weighted by Gasteiger charge is 2.33. The molecule has 0 radical (unpaired) electrons. The van der Waals surface area contributed by atoms with Crippen LogP contribution in [0.1, 0.15) is 12.1 Å². The normalized spacial score (nSPS) is 23.3. The Morgan fingerprint density at radius 1 is 1.50 bits per heavy atom. The lowest BCUT2D eigenvalue weighted by Gasteiger charge is -2.15. The molecular weight excluding hydrogens is 230 g/mol. The molecule has 0 unspecified atom stereocenters. The molecule has 1 aromatic heterocycles. The zero-order valence-corrected chi connectivity index (χ0v) is 10.3. The minimum Gasteiger partial charge on any atom is -0.391 e. The van der Waals surface area contributed by atoms with Gasteiger partial charge >= 0.3 is 0 Å². The number of rotatable bonds is 4. The first kappa shape index (κ1) is 13.0. The Hall–Kier alpha value is -1.46. The van der Waals surface area contributed by atoms with Gasteiger partial charge in [-0.3, -0.25) is 9.78 Å². The van der Waals surface area contributed by atoms with Crippen molar-refractivity contribution in [2.45, 2.75) is 18.9 Å². The van der Waals surface area contributed by atoms with E-state index in [9.17, 15) is 9.90 Å². The van der Waals surface area contributed by atoms with Gasteiger partial charge in [0.15, 0.2) is 0 Å². The molecule has 0 saturated carbocycles. The summed E-state index contributed by atoms with van der Waals surface area (Å²) in [5.41, 5.74) is 6.32. The molecule has 1 aliphatic rings. The highest BCUT2D eigenvalue weighted by molar-refractivity contribution is 5.76. The number of carbonyl (C=O) groups excluding carboxylic acids is 1. The number of nitrogens with two attached hydrogens (primary N) is 1. The summed E-state index contributed by atoms with van der Waals surface area (Å²) in [6.07, 6.45) is 2.33. The van der Waals surface area contributed by atoms with Crippen LogP contribution in [-0.4, -0.2) is 46.6 Å². The molecule has 2 heterocycles. The van der Waals surface area contributed by atoms with Gasteiger partial charge in [0.1, 0.15) is 0 Å². The van der Waals surface area contributed by atoms with Crippen molar-refractivity contribution >= 4 is 5.91 Å². The smallest absolute Gasteiger partial charge is 0.223 e. The van der Waals surface area contributed by atoms with Gasteiger partial charge in [-0.15, -0.1) is 0 Å². The lowest BCUT2D eigenvalue weighted by molar-refractivity contribution is -0.130. The number of carbonyl (C=O) groups is 1. The quantitative estimate of drug-likeness (QED) is 0.774. The van der Waals surface area contributed by atoms with E-state index in [1.54, 1.807) is 11.1 Å². The molecule has 1 amide bonds. The van der Waals surface area contributed by atoms with Gasteiger partial charge in [0.2, 0.25) is 5.91 Å². The van der Waals surface area contributed by atoms with Crippen molar-refractivity contribution in [2.24, 2.45) is 11.7 Å². The molecule has 0 aliphatic carbocycles. The van der Waals surface area contributed by atoms with Crippen LogP contribution in [0.5, 0.6) is 0 Å². The fourth-order valence-corrected chi connectivity index (χ4v) is 2.33. The first-order valence-electron chi connectivity index (χ1n) is 6.26. The lowest BCUT2D eigenvalue weighted by Crippen LogP contribution is -2.31. The molecule has 5 heteroatoms. The summed E-state index contributed by atoms with van der Waals surface area (Å²) in [7, 11) is 0. The molecule has 2 rings (SSSR count). The van der Waals surface area contributed by atoms with Gasteiger partial charge in [0, 0.05) is 43.9 Å². The van der Waals surface area contributed by atoms with E-state index in [1.807, 2.05) is 18.2 Å². The van der Waals surface area contributed by atoms with Crippen LogP contribution in [-0.2, 0) is 11.2 Å². The van der Waals surface area contributed by atoms with Crippen molar-refractivity contribution in [3.63, 3.8) is 0 Å². The summed E-state index contributed by atoms with van der Waals surface area (Å²) in [5, 5.41) is 9.98. The fraction of sp³-hybridized carbons (Fsp3) is 0.538. The van der Waals surface area contributed by atoms with Crippen molar-refractivity contribution in [3.8, 4) is 0 Å². The summed E-state index contributed by atoms with van der Waals surface area (Å²) in [5.74, 6) is 0.0988. The summed E-state index contributed by atoms with van der Waals surface area (Å²) >= 11 is 0. The molecule has 3 N–H and O–H groups in total. The topological polar surface area (TPSA) is 79.5 Å². The minimum absolute atomic E-state index is 0.0278. The van der Waals surface area contributed by atoms with Crippen LogP contribution < -0.4 is 5.73 Å². The van der Waals surface area contributed by atoms with Crippen molar-refractivity contribution < 1.29 is 9.90 Å². The maximum Gasteiger partial charge on any atom is 0.223 e. The van der Waals surface area contributed by atoms with Crippen LogP contribution in [0.15, 0.2) is 24.4 Å². The standard InChI is InChI=1S/C13H19N3O2/c14-5-4-13(18)16-8-10(12(17)9-16)7-11-3-1-2-6-15-11/h1-3,6,10,12,17H,4-5,7-9,14H2/t10-,12-/m1/s1. The van der Waals surface area contributed by atoms with Gasteiger partial charge in [0.25, 0.3) is 0 Å². The largest absolute Gasteiger partial charge is 0.391 e. The van der Waals surface area contributed by atoms with Gasteiger partial charge in [-0.2, -0.15) is 0 Å². The number of aliphatic hydroxyl groups excluding tert-OH is 1. The van der Waals surface area contributed by atoms with E-state index in [0.29, 0.717) is 32.5 Å². The van der Waals surface area contributed by atoms with E-state index in [0.717, 1.165) is 5.69 Å². The third kappa shape index (κ3) is 3.05. The number of amides is 1. The highest BCUT2D eigenvalue weighted by atomic mass is 16.3. The predicted molar refractivity (Wildman–Crippen MR) is 67.7 cm³/mol. The van der Waals surface area contributed by atoms with Gasteiger partial charge in [-0.1, -0.05) is 6.07 Å². The summed E-state index contributed by atoms with van der Waals surface area (Å²) in [6, 6.07) is 5.74. The monoisotopic (exact) mass is 249 g/mol. The first-order valence-corrected chi connectivity index (χ1v) is 6.26. The van der Waals surface area contributed by atoms with Crippen LogP contribution in [0, 0.1) is 5.92 Å². The SMILES string of the molecule is NCCC(=O)N1C[C@@H](Cc2ccccn2)[C@H](O)C1. The number of hydrogen-bond donors (Lipinski definition) is 2. The molecule has 18 heavy (non-hydrogen) atoms. The third-order valence-electron chi connectivity index (χ3n) is 3.31. The van der Waals surface area contributed by atoms with Crippen LogP contribution in [0.25, 0.3) is 0 Å². The van der Waals surface area contributed by atoms with Crippen molar-refractivity contribution in [1.82, 2.24) is 9.88 Å². The van der Waals surface area contributed by atoms with Crippen molar-refractivity contribution in [2.75, 3.05) is 19.6 Å². The van der Waals surface area contributed by atoms with Crippen LogP contribution in [0.4, 0.5) is 0 Å². The average Bonchev–Trinajstić information content (AvgIpc) is 2.73. The van der Waals surface area contributed by atoms with Crippen molar-refractivity contribution in [1.29, 1.82) is 0 Å². The van der Waals surface area contributed by atoms with Gasteiger partial charge in [-0.25, -0.2) is 0 Å². The maximum atomic E-state index is 11.7. The number of nitrogens with zero attached hydrogens (tertiary/aromatic N) is 2. The summed E-state index contributed by atoms with van der Waals surface area (Å²) in [6.45, 7) is 1.36. The molecule has 2 atom stereocenters. The second-order valence-electron chi connectivity index (χ2n) is 4.69. The van der Waals surface area contributed by atoms with E-state index in [1.165, 1.54) is 0 Å². The van der Waals surface area contributed by atoms with E-state index in [2.05, 4.69) is 4.98 Å². The Morgan fingerprint density at radius 2 is 2.33 bits per heavy atom. The number of likely N-dealkylation sites (tertiary alicyclic amines) is 1. The molecule has 98 valence electrons. The third-order valence-corrected chi connectivity index (χ3v) is 3.31. The molecular formula is C13H19N3O2. The fourth-order valence-electron chi connectivity index (χ4n) is 2.33. The Balaban J connectivity index is 1.93. The number of aliphatic hydroxyl groups is 1. The molecule has 0 spiro atoms. The molecule has 1 aromatic rings. The number of β-amino-alcohol motifs (C(OH)–C–C–N with tert-alkyl or cyclic N) is 1. The number of hydrogen-bond acceptors (Lipinski definition) is 4. The molecule has 5 nitrogen and oxygen atoms in total. The van der Waals surface area contributed by atoms with E-state index in [-0.39, 0.29) is 11.8 Å². The molecule has 1 saturated heterocycles. The zero-order valence-electron chi connectivity index (χ0n) is 10.3. The van der Waals surface area contributed by atoms with Crippen molar-refractivity contribution in [3.05, 3.63) is 30.1 Å². The second-order valence-corrected chi connectivity index (χ2v) is 4.69. The predicted octanol–water partition coefficient (Wildman–Crippen LogP) is -0.208. The first-order chi connectivity index (χ1) is 8.70. The molecule has 1 aliphatic heterocycles. The minimum atomic E-state index is -0.464. The van der Waals surface area contributed by atoms with E-state index < -0.39 is 6.10 Å². The Kier molecular flexibility index (Phi) is 4.28. The summed E-state index contributed by atoms with van der Waals surface area (Å²) in [4.78, 5) is 17.7. The zero-order chi connectivity index (χ0) is 13.0. The van der Waals surface area contributed by atoms with Crippen LogP contribution >= 0.6 is 0 Å².